The number of rotatable bonds is 5. The zero-order valence-electron chi connectivity index (χ0n) is 10.2. The Morgan fingerprint density at radius 2 is 2.16 bits per heavy atom. The van der Waals surface area contributed by atoms with Gasteiger partial charge in [0.15, 0.2) is 11.6 Å². The number of nitrogens with one attached hydrogen (secondary N) is 2. The van der Waals surface area contributed by atoms with Crippen LogP contribution in [0.2, 0.25) is 0 Å². The number of para-hydroxylation sites is 1. The molecule has 1 aromatic carbocycles. The highest BCUT2D eigenvalue weighted by Crippen LogP contribution is 2.20. The van der Waals surface area contributed by atoms with Gasteiger partial charge in [0, 0.05) is 5.39 Å². The summed E-state index contributed by atoms with van der Waals surface area (Å²) < 4.78 is 30.4. The average Bonchev–Trinajstić information content (AvgIpc) is 2.72. The first-order valence-corrected chi connectivity index (χ1v) is 7.26. The molecule has 0 bridgehead atoms. The van der Waals surface area contributed by atoms with Gasteiger partial charge in [-0.15, -0.1) is 0 Å². The van der Waals surface area contributed by atoms with Crippen molar-refractivity contribution in [2.45, 2.75) is 6.92 Å². The lowest BCUT2D eigenvalue weighted by molar-refractivity contribution is -0.139. The fraction of sp³-hybridized carbons (Fsp3) is 0.273. The van der Waals surface area contributed by atoms with Crippen molar-refractivity contribution in [3.8, 4) is 0 Å². The SMILES string of the molecule is CCOC(=O)CS(=O)(=O)Nc1n[nH]c2ccccc12. The number of carbonyl (C=O) groups is 1. The third kappa shape index (κ3) is 3.22. The molecule has 0 aliphatic heterocycles. The van der Waals surface area contributed by atoms with Crippen LogP contribution in [0.3, 0.4) is 0 Å². The van der Waals surface area contributed by atoms with Crippen LogP contribution in [-0.4, -0.2) is 36.9 Å². The largest absolute Gasteiger partial charge is 0.465 e. The molecule has 1 aromatic heterocycles. The Morgan fingerprint density at radius 3 is 2.89 bits per heavy atom. The Kier molecular flexibility index (Phi) is 3.70. The van der Waals surface area contributed by atoms with Gasteiger partial charge in [0.2, 0.25) is 10.0 Å². The predicted molar refractivity (Wildman–Crippen MR) is 70.1 cm³/mol. The first-order chi connectivity index (χ1) is 9.02. The maximum absolute atomic E-state index is 11.8. The molecule has 0 aliphatic rings. The second-order valence-corrected chi connectivity index (χ2v) is 5.51. The Bertz CT molecular complexity index is 693. The van der Waals surface area contributed by atoms with E-state index in [9.17, 15) is 13.2 Å². The van der Waals surface area contributed by atoms with Gasteiger partial charge in [0.1, 0.15) is 0 Å². The molecule has 0 radical (unpaired) electrons. The van der Waals surface area contributed by atoms with E-state index < -0.39 is 21.7 Å². The molecule has 0 spiro atoms. The first kappa shape index (κ1) is 13.3. The van der Waals surface area contributed by atoms with E-state index in [2.05, 4.69) is 19.7 Å². The molecule has 0 unspecified atom stereocenters. The summed E-state index contributed by atoms with van der Waals surface area (Å²) in [6.07, 6.45) is 0. The molecule has 8 heteroatoms. The second kappa shape index (κ2) is 5.27. The van der Waals surface area contributed by atoms with Crippen molar-refractivity contribution in [3.63, 3.8) is 0 Å². The molecular weight excluding hydrogens is 270 g/mol. The molecule has 0 saturated heterocycles. The second-order valence-electron chi connectivity index (χ2n) is 3.78. The van der Waals surface area contributed by atoms with E-state index in [1.165, 1.54) is 0 Å². The molecule has 0 saturated carbocycles. The van der Waals surface area contributed by atoms with Crippen molar-refractivity contribution in [2.75, 3.05) is 17.1 Å². The van der Waals surface area contributed by atoms with E-state index in [0.717, 1.165) is 0 Å². The number of hydrogen-bond donors (Lipinski definition) is 2. The van der Waals surface area contributed by atoms with Crippen LogP contribution >= 0.6 is 0 Å². The van der Waals surface area contributed by atoms with Crippen LogP contribution in [0.15, 0.2) is 24.3 Å². The molecule has 0 fully saturated rings. The minimum atomic E-state index is -3.82. The van der Waals surface area contributed by atoms with Crippen molar-refractivity contribution < 1.29 is 17.9 Å². The van der Waals surface area contributed by atoms with Crippen molar-refractivity contribution in [1.82, 2.24) is 10.2 Å². The Labute approximate surface area is 110 Å². The smallest absolute Gasteiger partial charge is 0.323 e. The van der Waals surface area contributed by atoms with Crippen LogP contribution in [0.4, 0.5) is 5.82 Å². The molecule has 2 rings (SSSR count). The van der Waals surface area contributed by atoms with E-state index in [1.54, 1.807) is 31.2 Å². The number of ether oxygens (including phenoxy) is 1. The minimum absolute atomic E-state index is 0.139. The number of fused-ring (bicyclic) bond motifs is 1. The van der Waals surface area contributed by atoms with Crippen molar-refractivity contribution in [1.29, 1.82) is 0 Å². The number of sulfonamides is 1. The third-order valence-electron chi connectivity index (χ3n) is 2.34. The van der Waals surface area contributed by atoms with Crippen LogP contribution in [-0.2, 0) is 19.6 Å². The number of H-pyrrole nitrogens is 1. The summed E-state index contributed by atoms with van der Waals surface area (Å²) in [4.78, 5) is 11.2. The lowest BCUT2D eigenvalue weighted by atomic mass is 10.2. The molecule has 0 amide bonds. The summed E-state index contributed by atoms with van der Waals surface area (Å²) >= 11 is 0. The Balaban J connectivity index is 2.18. The molecule has 0 aliphatic carbocycles. The van der Waals surface area contributed by atoms with Crippen molar-refractivity contribution in [2.24, 2.45) is 0 Å². The van der Waals surface area contributed by atoms with Crippen LogP contribution < -0.4 is 4.72 Å². The van der Waals surface area contributed by atoms with Crippen molar-refractivity contribution >= 4 is 32.7 Å². The van der Waals surface area contributed by atoms with Gasteiger partial charge >= 0.3 is 5.97 Å². The zero-order chi connectivity index (χ0) is 13.9. The minimum Gasteiger partial charge on any atom is -0.465 e. The van der Waals surface area contributed by atoms with Crippen LogP contribution in [0.5, 0.6) is 0 Å². The molecule has 2 aromatic rings. The summed E-state index contributed by atoms with van der Waals surface area (Å²) in [5.74, 6) is -1.36. The quantitative estimate of drug-likeness (QED) is 0.793. The lowest BCUT2D eigenvalue weighted by Crippen LogP contribution is -2.24. The molecule has 102 valence electrons. The molecule has 19 heavy (non-hydrogen) atoms. The fourth-order valence-corrected chi connectivity index (χ4v) is 2.50. The van der Waals surface area contributed by atoms with Gasteiger partial charge in [-0.1, -0.05) is 12.1 Å². The summed E-state index contributed by atoms with van der Waals surface area (Å²) in [7, 11) is -3.82. The fourth-order valence-electron chi connectivity index (χ4n) is 1.58. The standard InChI is InChI=1S/C11H13N3O4S/c1-2-18-10(15)7-19(16,17)14-11-8-5-3-4-6-9(8)12-13-11/h3-6H,2,7H2,1H3,(H2,12,13,14). The summed E-state index contributed by atoms with van der Waals surface area (Å²) in [6, 6.07) is 7.06. The number of esters is 1. The lowest BCUT2D eigenvalue weighted by Gasteiger charge is -2.05. The number of aromatic nitrogens is 2. The Morgan fingerprint density at radius 1 is 1.42 bits per heavy atom. The van der Waals surface area contributed by atoms with Gasteiger partial charge in [0.05, 0.1) is 12.1 Å². The molecular formula is C11H13N3O4S. The molecule has 7 nitrogen and oxygen atoms in total. The Hall–Kier alpha value is -2.09. The number of nitrogens with zero attached hydrogens (tertiary/aromatic N) is 1. The van der Waals surface area contributed by atoms with Crippen LogP contribution in [0, 0.1) is 0 Å². The predicted octanol–water partition coefficient (Wildman–Crippen LogP) is 0.868. The molecule has 0 atom stereocenters. The summed E-state index contributed by atoms with van der Waals surface area (Å²) in [6.45, 7) is 1.75. The highest BCUT2D eigenvalue weighted by Gasteiger charge is 2.19. The number of carbonyl (C=O) groups excluding carboxylic acids is 1. The van der Waals surface area contributed by atoms with Gasteiger partial charge in [0.25, 0.3) is 0 Å². The number of anilines is 1. The maximum atomic E-state index is 11.8. The van der Waals surface area contributed by atoms with Gasteiger partial charge in [-0.25, -0.2) is 8.42 Å². The highest BCUT2D eigenvalue weighted by molar-refractivity contribution is 7.93. The van der Waals surface area contributed by atoms with E-state index in [1.807, 2.05) is 0 Å². The number of benzene rings is 1. The molecule has 1 heterocycles. The topological polar surface area (TPSA) is 101 Å². The highest BCUT2D eigenvalue weighted by atomic mass is 32.2. The van der Waals surface area contributed by atoms with Crippen LogP contribution in [0.1, 0.15) is 6.92 Å². The summed E-state index contributed by atoms with van der Waals surface area (Å²) in [5, 5.41) is 7.20. The van der Waals surface area contributed by atoms with E-state index in [4.69, 9.17) is 0 Å². The normalized spacial score (nSPS) is 11.4. The zero-order valence-corrected chi connectivity index (χ0v) is 11.0. The van der Waals surface area contributed by atoms with E-state index in [0.29, 0.717) is 10.9 Å². The first-order valence-electron chi connectivity index (χ1n) is 5.61. The van der Waals surface area contributed by atoms with E-state index in [-0.39, 0.29) is 12.4 Å². The van der Waals surface area contributed by atoms with E-state index >= 15 is 0 Å². The monoisotopic (exact) mass is 283 g/mol. The van der Waals surface area contributed by atoms with Gasteiger partial charge in [-0.05, 0) is 19.1 Å². The molecule has 2 N–H and O–H groups in total. The number of aromatic amines is 1. The van der Waals surface area contributed by atoms with Crippen molar-refractivity contribution in [3.05, 3.63) is 24.3 Å². The number of hydrogen-bond acceptors (Lipinski definition) is 5. The van der Waals surface area contributed by atoms with Gasteiger partial charge in [-0.2, -0.15) is 5.10 Å². The average molecular weight is 283 g/mol. The maximum Gasteiger partial charge on any atom is 0.323 e. The van der Waals surface area contributed by atoms with Gasteiger partial charge in [-0.3, -0.25) is 14.6 Å². The van der Waals surface area contributed by atoms with Crippen LogP contribution in [0.25, 0.3) is 10.9 Å². The van der Waals surface area contributed by atoms with Gasteiger partial charge < -0.3 is 4.74 Å². The summed E-state index contributed by atoms with van der Waals surface area (Å²) in [5.41, 5.74) is 0.705. The third-order valence-corrected chi connectivity index (χ3v) is 3.46.